The van der Waals surface area contributed by atoms with Crippen LogP contribution < -0.4 is 0 Å². The second-order valence-corrected chi connectivity index (χ2v) is 8.07. The minimum atomic E-state index is -4.39. The van der Waals surface area contributed by atoms with E-state index in [9.17, 15) is 13.2 Å². The van der Waals surface area contributed by atoms with Crippen molar-refractivity contribution in [1.82, 2.24) is 14.8 Å². The molecule has 3 aromatic carbocycles. The molecule has 4 rings (SSSR count). The number of hydrogen-bond donors (Lipinski definition) is 0. The molecule has 3 nitrogen and oxygen atoms in total. The number of alkyl halides is 3. The van der Waals surface area contributed by atoms with Crippen LogP contribution in [0.15, 0.2) is 81.7 Å². The summed E-state index contributed by atoms with van der Waals surface area (Å²) in [6.45, 7) is 0. The van der Waals surface area contributed by atoms with Crippen LogP contribution in [0.4, 0.5) is 13.2 Å². The molecular formula is C21H12Br2F3N3. The number of nitrogens with zero attached hydrogens (tertiary/aromatic N) is 3. The molecule has 1 aromatic heterocycles. The van der Waals surface area contributed by atoms with E-state index < -0.39 is 11.7 Å². The summed E-state index contributed by atoms with van der Waals surface area (Å²) < 4.78 is 42.5. The van der Waals surface area contributed by atoms with E-state index in [1.54, 1.807) is 4.57 Å². The van der Waals surface area contributed by atoms with Crippen LogP contribution >= 0.6 is 31.9 Å². The Labute approximate surface area is 181 Å². The van der Waals surface area contributed by atoms with Gasteiger partial charge in [-0.1, -0.05) is 56.1 Å². The quantitative estimate of drug-likeness (QED) is 0.286. The van der Waals surface area contributed by atoms with E-state index in [0.717, 1.165) is 32.2 Å². The van der Waals surface area contributed by atoms with E-state index in [4.69, 9.17) is 0 Å². The molecule has 4 aromatic rings. The summed E-state index contributed by atoms with van der Waals surface area (Å²) in [5, 5.41) is 8.65. The lowest BCUT2D eigenvalue weighted by atomic mass is 10.1. The molecule has 0 radical (unpaired) electrons. The first-order chi connectivity index (χ1) is 13.8. The first-order valence-electron chi connectivity index (χ1n) is 8.48. The molecule has 0 bridgehead atoms. The molecule has 0 fully saturated rings. The highest BCUT2D eigenvalue weighted by molar-refractivity contribution is 9.10. The third-order valence-electron chi connectivity index (χ3n) is 4.32. The Morgan fingerprint density at radius 1 is 0.621 bits per heavy atom. The number of hydrogen-bond acceptors (Lipinski definition) is 2. The maximum Gasteiger partial charge on any atom is 0.416 e. The first-order valence-corrected chi connectivity index (χ1v) is 10.1. The molecule has 0 saturated carbocycles. The van der Waals surface area contributed by atoms with Crippen molar-refractivity contribution in [2.75, 3.05) is 0 Å². The van der Waals surface area contributed by atoms with Gasteiger partial charge in [0.2, 0.25) is 0 Å². The van der Waals surface area contributed by atoms with Crippen LogP contribution in [-0.2, 0) is 6.18 Å². The highest BCUT2D eigenvalue weighted by Crippen LogP contribution is 2.33. The molecule has 0 saturated heterocycles. The van der Waals surface area contributed by atoms with Crippen molar-refractivity contribution in [1.29, 1.82) is 0 Å². The lowest BCUT2D eigenvalue weighted by Gasteiger charge is -2.13. The molecule has 0 aliphatic carbocycles. The van der Waals surface area contributed by atoms with Gasteiger partial charge in [0.15, 0.2) is 11.6 Å². The van der Waals surface area contributed by atoms with Gasteiger partial charge >= 0.3 is 6.18 Å². The molecule has 146 valence electrons. The van der Waals surface area contributed by atoms with E-state index >= 15 is 0 Å². The van der Waals surface area contributed by atoms with Crippen molar-refractivity contribution in [3.05, 3.63) is 87.3 Å². The summed E-state index contributed by atoms with van der Waals surface area (Å²) in [5.41, 5.74) is 1.43. The van der Waals surface area contributed by atoms with Crippen molar-refractivity contribution in [3.8, 4) is 28.5 Å². The third-order valence-corrected chi connectivity index (χ3v) is 5.38. The Balaban J connectivity index is 1.90. The second kappa shape index (κ2) is 7.76. The third kappa shape index (κ3) is 4.13. The van der Waals surface area contributed by atoms with Crippen molar-refractivity contribution < 1.29 is 13.2 Å². The normalized spacial score (nSPS) is 11.6. The molecule has 1 heterocycles. The zero-order chi connectivity index (χ0) is 20.6. The molecule has 0 atom stereocenters. The van der Waals surface area contributed by atoms with Gasteiger partial charge in [-0.25, -0.2) is 0 Å². The Hall–Kier alpha value is -2.45. The summed E-state index contributed by atoms with van der Waals surface area (Å²) in [7, 11) is 0. The molecular weight excluding hydrogens is 511 g/mol. The maximum atomic E-state index is 13.0. The topological polar surface area (TPSA) is 30.7 Å². The number of benzene rings is 3. The summed E-state index contributed by atoms with van der Waals surface area (Å²) in [6.07, 6.45) is -4.39. The Kier molecular flexibility index (Phi) is 5.31. The Morgan fingerprint density at radius 3 is 1.41 bits per heavy atom. The lowest BCUT2D eigenvalue weighted by Crippen LogP contribution is -2.06. The zero-order valence-electron chi connectivity index (χ0n) is 14.7. The molecule has 0 unspecified atom stereocenters. The fourth-order valence-corrected chi connectivity index (χ4v) is 3.43. The average Bonchev–Trinajstić information content (AvgIpc) is 3.13. The van der Waals surface area contributed by atoms with Crippen molar-refractivity contribution in [3.63, 3.8) is 0 Å². The zero-order valence-corrected chi connectivity index (χ0v) is 17.8. The lowest BCUT2D eigenvalue weighted by molar-refractivity contribution is -0.137. The van der Waals surface area contributed by atoms with Crippen molar-refractivity contribution >= 4 is 31.9 Å². The number of rotatable bonds is 3. The summed E-state index contributed by atoms with van der Waals surface area (Å²) in [5.74, 6) is 1.07. The minimum absolute atomic E-state index is 0.537. The molecule has 0 N–H and O–H groups in total. The second-order valence-electron chi connectivity index (χ2n) is 6.24. The average molecular weight is 523 g/mol. The van der Waals surface area contributed by atoms with Gasteiger partial charge in [-0.05, 0) is 48.5 Å². The predicted molar refractivity (Wildman–Crippen MR) is 113 cm³/mol. The fraction of sp³-hybridized carbons (Fsp3) is 0.0476. The maximum absolute atomic E-state index is 13.0. The van der Waals surface area contributed by atoms with Crippen molar-refractivity contribution in [2.45, 2.75) is 6.18 Å². The molecule has 8 heteroatoms. The molecule has 0 aliphatic heterocycles. The summed E-state index contributed by atoms with van der Waals surface area (Å²) in [4.78, 5) is 0. The predicted octanol–water partition coefficient (Wildman–Crippen LogP) is 7.15. The van der Waals surface area contributed by atoms with E-state index in [-0.39, 0.29) is 0 Å². The van der Waals surface area contributed by atoms with E-state index in [1.165, 1.54) is 12.1 Å². The Morgan fingerprint density at radius 2 is 1.03 bits per heavy atom. The van der Waals surface area contributed by atoms with Gasteiger partial charge in [-0.2, -0.15) is 13.2 Å². The first kappa shape index (κ1) is 19.8. The highest BCUT2D eigenvalue weighted by Gasteiger charge is 2.30. The van der Waals surface area contributed by atoms with Gasteiger partial charge in [0.1, 0.15) is 0 Å². The smallest absolute Gasteiger partial charge is 0.275 e. The van der Waals surface area contributed by atoms with Crippen LogP contribution in [0.5, 0.6) is 0 Å². The standard InChI is InChI=1S/C21H12Br2F3N3/c22-16-7-1-13(2-8-16)19-27-28-20(14-3-9-17(23)10-4-14)29(19)18-11-5-15(6-12-18)21(24,25)26/h1-12H. The van der Waals surface area contributed by atoms with Crippen LogP contribution in [0, 0.1) is 0 Å². The number of aromatic nitrogens is 3. The van der Waals surface area contributed by atoms with E-state index in [1.807, 2.05) is 48.5 Å². The molecule has 0 aliphatic rings. The van der Waals surface area contributed by atoms with Gasteiger partial charge in [0.25, 0.3) is 0 Å². The van der Waals surface area contributed by atoms with E-state index in [2.05, 4.69) is 42.1 Å². The van der Waals surface area contributed by atoms with Gasteiger partial charge in [0.05, 0.1) is 5.56 Å². The van der Waals surface area contributed by atoms with Crippen LogP contribution in [0.1, 0.15) is 5.56 Å². The van der Waals surface area contributed by atoms with Crippen LogP contribution in [-0.4, -0.2) is 14.8 Å². The largest absolute Gasteiger partial charge is 0.416 e. The van der Waals surface area contributed by atoms with Crippen LogP contribution in [0.3, 0.4) is 0 Å². The monoisotopic (exact) mass is 521 g/mol. The van der Waals surface area contributed by atoms with Crippen LogP contribution in [0.25, 0.3) is 28.5 Å². The van der Waals surface area contributed by atoms with Crippen LogP contribution in [0.2, 0.25) is 0 Å². The van der Waals surface area contributed by atoms with Gasteiger partial charge in [-0.15, -0.1) is 10.2 Å². The fourth-order valence-electron chi connectivity index (χ4n) is 2.90. The minimum Gasteiger partial charge on any atom is -0.275 e. The van der Waals surface area contributed by atoms with Gasteiger partial charge in [0, 0.05) is 25.8 Å². The highest BCUT2D eigenvalue weighted by atomic mass is 79.9. The number of halogens is 5. The van der Waals surface area contributed by atoms with Gasteiger partial charge < -0.3 is 0 Å². The van der Waals surface area contributed by atoms with E-state index in [0.29, 0.717) is 17.3 Å². The molecule has 29 heavy (non-hydrogen) atoms. The molecule has 0 amide bonds. The van der Waals surface area contributed by atoms with Gasteiger partial charge in [-0.3, -0.25) is 4.57 Å². The van der Waals surface area contributed by atoms with Crippen molar-refractivity contribution in [2.24, 2.45) is 0 Å². The molecule has 0 spiro atoms. The SMILES string of the molecule is FC(F)(F)c1ccc(-n2c(-c3ccc(Br)cc3)nnc2-c2ccc(Br)cc2)cc1. The summed E-state index contributed by atoms with van der Waals surface area (Å²) >= 11 is 6.81. The summed E-state index contributed by atoms with van der Waals surface area (Å²) in [6, 6.07) is 20.0. The Bertz CT molecular complexity index is 1070.